The molecule has 0 heterocycles. The fraction of sp³-hybridized carbons (Fsp3) is 0.625. The number of hydrogen-bond donors (Lipinski definition) is 0. The Morgan fingerprint density at radius 2 is 0.526 bits per heavy atom. The Kier molecular flexibility index (Phi) is 60.9. The van der Waals surface area contributed by atoms with Crippen LogP contribution in [0.1, 0.15) is 271 Å². The lowest BCUT2D eigenvalue weighted by Crippen LogP contribution is -2.30. The van der Waals surface area contributed by atoms with E-state index in [0.29, 0.717) is 19.3 Å². The summed E-state index contributed by atoms with van der Waals surface area (Å²) in [5, 5.41) is 0. The summed E-state index contributed by atoms with van der Waals surface area (Å²) in [5.74, 6) is -0.995. The number of ether oxygens (including phenoxy) is 3. The first kappa shape index (κ1) is 73.3. The highest BCUT2D eigenvalue weighted by molar-refractivity contribution is 5.71. The van der Waals surface area contributed by atoms with Gasteiger partial charge in [0.1, 0.15) is 13.2 Å². The monoisotopic (exact) mass is 1080 g/mol. The number of rotatable bonds is 56. The molecule has 0 fully saturated rings. The maximum atomic E-state index is 12.9. The number of unbranched alkanes of at least 4 members (excludes halogenated alkanes) is 21. The Hall–Kier alpha value is -4.71. The average Bonchev–Trinajstić information content (AvgIpc) is 3.44. The van der Waals surface area contributed by atoms with Crippen LogP contribution in [0.15, 0.2) is 146 Å². The summed E-state index contributed by atoms with van der Waals surface area (Å²) < 4.78 is 16.9. The number of allylic oxidation sites excluding steroid dienone is 24. The van der Waals surface area contributed by atoms with Crippen molar-refractivity contribution in [1.29, 1.82) is 0 Å². The molecular weight excluding hydrogens is 961 g/mol. The third-order valence-electron chi connectivity index (χ3n) is 13.0. The first-order valence-corrected chi connectivity index (χ1v) is 31.8. The molecule has 0 radical (unpaired) electrons. The Balaban J connectivity index is 4.51. The maximum absolute atomic E-state index is 12.9. The molecule has 78 heavy (non-hydrogen) atoms. The van der Waals surface area contributed by atoms with E-state index in [0.717, 1.165) is 135 Å². The molecule has 0 N–H and O–H groups in total. The number of esters is 3. The normalized spacial score (nSPS) is 13.1. The van der Waals surface area contributed by atoms with Crippen LogP contribution in [0.5, 0.6) is 0 Å². The Labute approximate surface area is 480 Å². The highest BCUT2D eigenvalue weighted by Gasteiger charge is 2.19. The summed E-state index contributed by atoms with van der Waals surface area (Å²) >= 11 is 0. The van der Waals surface area contributed by atoms with Gasteiger partial charge >= 0.3 is 17.9 Å². The first-order chi connectivity index (χ1) is 38.5. The van der Waals surface area contributed by atoms with Gasteiger partial charge in [0.2, 0.25) is 0 Å². The summed E-state index contributed by atoms with van der Waals surface area (Å²) in [6.07, 6.45) is 92.8. The van der Waals surface area contributed by atoms with E-state index < -0.39 is 6.10 Å². The van der Waals surface area contributed by atoms with Crippen LogP contribution in [-0.4, -0.2) is 37.2 Å². The summed E-state index contributed by atoms with van der Waals surface area (Å²) in [7, 11) is 0. The maximum Gasteiger partial charge on any atom is 0.306 e. The molecule has 0 rings (SSSR count). The summed E-state index contributed by atoms with van der Waals surface area (Å²) in [4.78, 5) is 38.3. The van der Waals surface area contributed by atoms with Gasteiger partial charge in [-0.05, 0) is 135 Å². The van der Waals surface area contributed by atoms with E-state index in [4.69, 9.17) is 14.2 Å². The fourth-order valence-electron chi connectivity index (χ4n) is 8.28. The second-order valence-corrected chi connectivity index (χ2v) is 20.6. The lowest BCUT2D eigenvalue weighted by molar-refractivity contribution is -0.167. The predicted molar refractivity (Wildman–Crippen MR) is 339 cm³/mol. The smallest absolute Gasteiger partial charge is 0.306 e. The minimum absolute atomic E-state index is 0.112. The van der Waals surface area contributed by atoms with Crippen LogP contribution in [-0.2, 0) is 28.6 Å². The van der Waals surface area contributed by atoms with Crippen molar-refractivity contribution in [2.24, 2.45) is 0 Å². The van der Waals surface area contributed by atoms with Gasteiger partial charge in [0.05, 0.1) is 0 Å². The largest absolute Gasteiger partial charge is 0.462 e. The highest BCUT2D eigenvalue weighted by atomic mass is 16.6. The van der Waals surface area contributed by atoms with E-state index in [1.54, 1.807) is 0 Å². The van der Waals surface area contributed by atoms with Crippen molar-refractivity contribution in [2.45, 2.75) is 277 Å². The molecule has 0 aliphatic heterocycles. The lowest BCUT2D eigenvalue weighted by Gasteiger charge is -2.18. The highest BCUT2D eigenvalue weighted by Crippen LogP contribution is 2.14. The predicted octanol–water partition coefficient (Wildman–Crippen LogP) is 21.9. The molecule has 6 heteroatoms. The molecule has 0 aliphatic carbocycles. The van der Waals surface area contributed by atoms with Crippen molar-refractivity contribution in [3.8, 4) is 0 Å². The van der Waals surface area contributed by atoms with Crippen LogP contribution in [0, 0.1) is 0 Å². The van der Waals surface area contributed by atoms with Gasteiger partial charge in [-0.2, -0.15) is 0 Å². The molecule has 0 spiro atoms. The van der Waals surface area contributed by atoms with Gasteiger partial charge in [-0.1, -0.05) is 263 Å². The average molecular weight is 1080 g/mol. The van der Waals surface area contributed by atoms with Gasteiger partial charge in [-0.15, -0.1) is 0 Å². The Morgan fingerprint density at radius 1 is 0.269 bits per heavy atom. The molecule has 0 aromatic heterocycles. The molecule has 1 unspecified atom stereocenters. The van der Waals surface area contributed by atoms with Crippen LogP contribution in [0.25, 0.3) is 0 Å². The zero-order chi connectivity index (χ0) is 56.4. The second-order valence-electron chi connectivity index (χ2n) is 20.6. The van der Waals surface area contributed by atoms with Crippen molar-refractivity contribution in [3.63, 3.8) is 0 Å². The Bertz CT molecular complexity index is 1710. The second kappa shape index (κ2) is 64.8. The number of carbonyl (C=O) groups excluding carboxylic acids is 3. The van der Waals surface area contributed by atoms with Gasteiger partial charge in [-0.25, -0.2) is 0 Å². The molecule has 0 aromatic rings. The van der Waals surface area contributed by atoms with E-state index in [-0.39, 0.29) is 37.5 Å². The van der Waals surface area contributed by atoms with Crippen LogP contribution in [0.3, 0.4) is 0 Å². The zero-order valence-electron chi connectivity index (χ0n) is 50.4. The molecule has 440 valence electrons. The van der Waals surface area contributed by atoms with Crippen LogP contribution in [0.4, 0.5) is 0 Å². The standard InChI is InChI=1S/C72H116O6/c1-4-7-10-13-16-19-22-25-28-30-32-34-36-38-40-42-44-47-50-53-56-59-62-65-71(74)77-68-69(67-76-70(73)64-61-58-55-52-49-46-27-24-21-18-15-12-9-6-3)78-72(75)66-63-60-57-54-51-48-45-43-41-39-37-35-33-31-29-26-23-20-17-14-11-8-5-2/h7,10,15-16,18-19,23-28,31-34,37-40,44,47,53,56,69H,4-6,8-9,11-14,17,20-22,29-30,35-36,41-43,45-46,48-52,54-55,57-68H2,1-3H3/b10-7-,18-15-,19-16-,26-23-,27-24-,28-25-,33-31-,34-32-,39-37-,40-38-,47-44-,56-53-. The third kappa shape index (κ3) is 62.1. The molecule has 0 bridgehead atoms. The van der Waals surface area contributed by atoms with Crippen molar-refractivity contribution in [3.05, 3.63) is 146 Å². The lowest BCUT2D eigenvalue weighted by atomic mass is 10.1. The fourth-order valence-corrected chi connectivity index (χ4v) is 8.28. The zero-order valence-corrected chi connectivity index (χ0v) is 50.4. The van der Waals surface area contributed by atoms with Crippen molar-refractivity contribution >= 4 is 17.9 Å². The molecule has 0 aromatic carbocycles. The Morgan fingerprint density at radius 3 is 0.872 bits per heavy atom. The van der Waals surface area contributed by atoms with Gasteiger partial charge < -0.3 is 14.2 Å². The number of carbonyl (C=O) groups is 3. The third-order valence-corrected chi connectivity index (χ3v) is 13.0. The van der Waals surface area contributed by atoms with Gasteiger partial charge in [0.15, 0.2) is 6.10 Å². The van der Waals surface area contributed by atoms with Gasteiger partial charge in [0.25, 0.3) is 0 Å². The summed E-state index contributed by atoms with van der Waals surface area (Å²) in [6, 6.07) is 0. The molecule has 1 atom stereocenters. The summed E-state index contributed by atoms with van der Waals surface area (Å²) in [5.41, 5.74) is 0. The topological polar surface area (TPSA) is 78.9 Å². The number of hydrogen-bond acceptors (Lipinski definition) is 6. The quantitative estimate of drug-likeness (QED) is 0.0261. The molecule has 0 amide bonds. The minimum Gasteiger partial charge on any atom is -0.462 e. The SMILES string of the molecule is CC/C=C\C/C=C\C/C=C\C/C=C\C/C=C\C/C=C\C/C=C\CCCC(=O)OCC(COC(=O)CCCCCCC/C=C\C/C=C\CCCC)OC(=O)CCCCCCCCCC/C=C\C/C=C\C/C=C\CCCCCCC. The molecule has 0 saturated heterocycles. The molecule has 0 aliphatic rings. The van der Waals surface area contributed by atoms with Crippen molar-refractivity contribution in [1.82, 2.24) is 0 Å². The minimum atomic E-state index is -0.820. The summed E-state index contributed by atoms with van der Waals surface area (Å²) in [6.45, 7) is 6.41. The first-order valence-electron chi connectivity index (χ1n) is 31.8. The van der Waals surface area contributed by atoms with Crippen LogP contribution in [0.2, 0.25) is 0 Å². The van der Waals surface area contributed by atoms with E-state index in [9.17, 15) is 14.4 Å². The van der Waals surface area contributed by atoms with Crippen molar-refractivity contribution < 1.29 is 28.6 Å². The van der Waals surface area contributed by atoms with E-state index in [1.807, 2.05) is 0 Å². The van der Waals surface area contributed by atoms with Crippen LogP contribution >= 0.6 is 0 Å². The molecule has 6 nitrogen and oxygen atoms in total. The van der Waals surface area contributed by atoms with Gasteiger partial charge in [0, 0.05) is 19.3 Å². The van der Waals surface area contributed by atoms with E-state index in [1.165, 1.54) is 89.9 Å². The van der Waals surface area contributed by atoms with E-state index >= 15 is 0 Å². The van der Waals surface area contributed by atoms with E-state index in [2.05, 4.69) is 167 Å². The van der Waals surface area contributed by atoms with Crippen LogP contribution < -0.4 is 0 Å². The van der Waals surface area contributed by atoms with Gasteiger partial charge in [-0.3, -0.25) is 14.4 Å². The molecular formula is C72H116O6. The van der Waals surface area contributed by atoms with Crippen molar-refractivity contribution in [2.75, 3.05) is 13.2 Å². The molecule has 0 saturated carbocycles.